The average Bonchev–Trinajstić information content (AvgIpc) is 3.19. The van der Waals surface area contributed by atoms with Gasteiger partial charge in [-0.1, -0.05) is 96.6 Å². The molecule has 0 unspecified atom stereocenters. The van der Waals surface area contributed by atoms with Crippen LogP contribution in [0.1, 0.15) is 33.4 Å². The van der Waals surface area contributed by atoms with Crippen LogP contribution in [-0.4, -0.2) is 18.6 Å². The minimum absolute atomic E-state index is 0.737. The second-order valence-corrected chi connectivity index (χ2v) is 7.92. The maximum atomic E-state index is 5.16. The molecule has 4 aromatic carbocycles. The van der Waals surface area contributed by atoms with Crippen LogP contribution in [0, 0.1) is 6.92 Å². The van der Waals surface area contributed by atoms with Gasteiger partial charge in [-0.3, -0.25) is 4.99 Å². The van der Waals surface area contributed by atoms with Gasteiger partial charge in [0.1, 0.15) is 0 Å². The van der Waals surface area contributed by atoms with Crippen molar-refractivity contribution < 1.29 is 0 Å². The molecule has 0 aromatic heterocycles. The number of rotatable bonds is 3. The fourth-order valence-corrected chi connectivity index (χ4v) is 4.40. The Balaban J connectivity index is 1.76. The SMILES string of the molecule is CN=C(N=C(c1cccc(C)c1)c1cccc2c1-c1ccccc1C2)c1ccccc1. The molecule has 0 amide bonds. The van der Waals surface area contributed by atoms with E-state index in [2.05, 4.69) is 90.8 Å². The fourth-order valence-electron chi connectivity index (χ4n) is 4.40. The molecule has 0 bridgehead atoms. The molecule has 0 atom stereocenters. The maximum absolute atomic E-state index is 5.16. The number of nitrogens with zero attached hydrogens (tertiary/aromatic N) is 2. The maximum Gasteiger partial charge on any atom is 0.154 e. The summed E-state index contributed by atoms with van der Waals surface area (Å²) in [7, 11) is 1.81. The molecule has 0 saturated carbocycles. The van der Waals surface area contributed by atoms with Crippen LogP contribution in [0.2, 0.25) is 0 Å². The predicted octanol–water partition coefficient (Wildman–Crippen LogP) is 6.48. The molecule has 0 radical (unpaired) electrons. The quantitative estimate of drug-likeness (QED) is 0.245. The number of aliphatic imine (C=N–C) groups is 2. The second kappa shape index (κ2) is 8.16. The van der Waals surface area contributed by atoms with Gasteiger partial charge in [0, 0.05) is 23.7 Å². The zero-order valence-electron chi connectivity index (χ0n) is 17.8. The van der Waals surface area contributed by atoms with Gasteiger partial charge >= 0.3 is 0 Å². The molecule has 0 heterocycles. The van der Waals surface area contributed by atoms with E-state index in [1.807, 2.05) is 25.2 Å². The van der Waals surface area contributed by atoms with Crippen molar-refractivity contribution >= 4 is 11.5 Å². The van der Waals surface area contributed by atoms with E-state index in [1.165, 1.54) is 27.8 Å². The monoisotopic (exact) mass is 400 g/mol. The molecule has 0 spiro atoms. The topological polar surface area (TPSA) is 24.7 Å². The molecular weight excluding hydrogens is 376 g/mol. The first kappa shape index (κ1) is 19.2. The second-order valence-electron chi connectivity index (χ2n) is 7.92. The molecule has 0 N–H and O–H groups in total. The van der Waals surface area contributed by atoms with Crippen LogP contribution in [0.5, 0.6) is 0 Å². The van der Waals surface area contributed by atoms with Crippen molar-refractivity contribution in [2.24, 2.45) is 9.98 Å². The Morgan fingerprint density at radius 1 is 0.710 bits per heavy atom. The lowest BCUT2D eigenvalue weighted by molar-refractivity contribution is 1.26. The number of fused-ring (bicyclic) bond motifs is 3. The number of hydrogen-bond acceptors (Lipinski definition) is 1. The van der Waals surface area contributed by atoms with Gasteiger partial charge in [-0.15, -0.1) is 0 Å². The van der Waals surface area contributed by atoms with E-state index in [1.54, 1.807) is 0 Å². The lowest BCUT2D eigenvalue weighted by atomic mass is 9.92. The number of hydrogen-bond donors (Lipinski definition) is 0. The van der Waals surface area contributed by atoms with E-state index in [0.717, 1.165) is 34.7 Å². The Morgan fingerprint density at radius 3 is 2.23 bits per heavy atom. The van der Waals surface area contributed by atoms with Gasteiger partial charge in [0.05, 0.1) is 5.71 Å². The van der Waals surface area contributed by atoms with Gasteiger partial charge in [-0.2, -0.15) is 0 Å². The molecule has 31 heavy (non-hydrogen) atoms. The van der Waals surface area contributed by atoms with E-state index >= 15 is 0 Å². The highest BCUT2D eigenvalue weighted by Crippen LogP contribution is 2.39. The molecule has 4 aromatic rings. The molecule has 1 aliphatic carbocycles. The van der Waals surface area contributed by atoms with Crippen LogP contribution in [-0.2, 0) is 6.42 Å². The Hall–Kier alpha value is -3.78. The lowest BCUT2D eigenvalue weighted by Gasteiger charge is -2.14. The molecule has 2 nitrogen and oxygen atoms in total. The first-order chi connectivity index (χ1) is 15.2. The summed E-state index contributed by atoms with van der Waals surface area (Å²) >= 11 is 0. The zero-order chi connectivity index (χ0) is 21.2. The van der Waals surface area contributed by atoms with Crippen molar-refractivity contribution in [3.63, 3.8) is 0 Å². The Bertz CT molecular complexity index is 1310. The largest absolute Gasteiger partial charge is 0.270 e. The van der Waals surface area contributed by atoms with Gasteiger partial charge in [-0.25, -0.2) is 4.99 Å². The van der Waals surface area contributed by atoms with Crippen molar-refractivity contribution in [2.75, 3.05) is 7.05 Å². The van der Waals surface area contributed by atoms with Crippen LogP contribution in [0.25, 0.3) is 11.1 Å². The Morgan fingerprint density at radius 2 is 1.42 bits per heavy atom. The van der Waals surface area contributed by atoms with Gasteiger partial charge < -0.3 is 0 Å². The van der Waals surface area contributed by atoms with Crippen LogP contribution in [0.3, 0.4) is 0 Å². The normalized spacial score (nSPS) is 13.1. The average molecular weight is 401 g/mol. The third kappa shape index (κ3) is 3.62. The summed E-state index contributed by atoms with van der Waals surface area (Å²) in [5.74, 6) is 0.737. The number of aryl methyl sites for hydroxylation is 1. The molecule has 0 aliphatic heterocycles. The Kier molecular flexibility index (Phi) is 5.05. The van der Waals surface area contributed by atoms with Gasteiger partial charge in [-0.05, 0) is 41.7 Å². The molecular formula is C29H24N2. The smallest absolute Gasteiger partial charge is 0.154 e. The fraction of sp³-hybridized carbons (Fsp3) is 0.103. The minimum atomic E-state index is 0.737. The predicted molar refractivity (Wildman–Crippen MR) is 130 cm³/mol. The van der Waals surface area contributed by atoms with E-state index in [0.29, 0.717) is 0 Å². The number of benzene rings is 4. The van der Waals surface area contributed by atoms with Crippen molar-refractivity contribution in [3.05, 3.63) is 130 Å². The van der Waals surface area contributed by atoms with Crippen LogP contribution < -0.4 is 0 Å². The van der Waals surface area contributed by atoms with Gasteiger partial charge in [0.25, 0.3) is 0 Å². The highest BCUT2D eigenvalue weighted by atomic mass is 14.9. The van der Waals surface area contributed by atoms with Crippen LogP contribution >= 0.6 is 0 Å². The molecule has 150 valence electrons. The zero-order valence-corrected chi connectivity index (χ0v) is 17.8. The standard InChI is InChI=1S/C29H24N2/c1-20-10-8-15-24(18-20)28(31-29(30-2)21-11-4-3-5-12-21)26-17-9-14-23-19-22-13-6-7-16-25(22)27(23)26/h3-18H,19H2,1-2H3. The van der Waals surface area contributed by atoms with E-state index < -0.39 is 0 Å². The summed E-state index contributed by atoms with van der Waals surface area (Å²) in [6, 6.07) is 34.0. The summed E-state index contributed by atoms with van der Waals surface area (Å²) in [5.41, 5.74) is 10.8. The van der Waals surface area contributed by atoms with Crippen molar-refractivity contribution in [2.45, 2.75) is 13.3 Å². The highest BCUT2D eigenvalue weighted by Gasteiger charge is 2.24. The van der Waals surface area contributed by atoms with Gasteiger partial charge in [0.15, 0.2) is 5.84 Å². The third-order valence-corrected chi connectivity index (χ3v) is 5.83. The first-order valence-corrected chi connectivity index (χ1v) is 10.6. The lowest BCUT2D eigenvalue weighted by Crippen LogP contribution is -2.10. The van der Waals surface area contributed by atoms with Crippen molar-refractivity contribution in [3.8, 4) is 11.1 Å². The van der Waals surface area contributed by atoms with Gasteiger partial charge in [0.2, 0.25) is 0 Å². The summed E-state index contributed by atoms with van der Waals surface area (Å²) in [6.07, 6.45) is 0.966. The van der Waals surface area contributed by atoms with E-state index in [4.69, 9.17) is 4.99 Å². The first-order valence-electron chi connectivity index (χ1n) is 10.6. The number of amidine groups is 1. The molecule has 1 aliphatic rings. The van der Waals surface area contributed by atoms with Crippen molar-refractivity contribution in [1.82, 2.24) is 0 Å². The minimum Gasteiger partial charge on any atom is -0.270 e. The highest BCUT2D eigenvalue weighted by molar-refractivity contribution is 6.22. The van der Waals surface area contributed by atoms with Crippen molar-refractivity contribution in [1.29, 1.82) is 0 Å². The summed E-state index contributed by atoms with van der Waals surface area (Å²) in [6.45, 7) is 2.12. The Labute approximate surface area is 183 Å². The summed E-state index contributed by atoms with van der Waals surface area (Å²) < 4.78 is 0. The molecule has 0 saturated heterocycles. The van der Waals surface area contributed by atoms with Crippen LogP contribution in [0.4, 0.5) is 0 Å². The summed E-state index contributed by atoms with van der Waals surface area (Å²) in [4.78, 5) is 9.70. The molecule has 0 fully saturated rings. The summed E-state index contributed by atoms with van der Waals surface area (Å²) in [5, 5.41) is 0. The molecule has 5 rings (SSSR count). The molecule has 2 heteroatoms. The van der Waals surface area contributed by atoms with E-state index in [-0.39, 0.29) is 0 Å². The third-order valence-electron chi connectivity index (χ3n) is 5.83. The van der Waals surface area contributed by atoms with E-state index in [9.17, 15) is 0 Å². The van der Waals surface area contributed by atoms with Crippen LogP contribution in [0.15, 0.2) is 107 Å².